The summed E-state index contributed by atoms with van der Waals surface area (Å²) in [6.45, 7) is 4.01. The van der Waals surface area contributed by atoms with Crippen molar-refractivity contribution in [2.75, 3.05) is 7.11 Å². The van der Waals surface area contributed by atoms with E-state index in [2.05, 4.69) is 5.32 Å². The Hall–Kier alpha value is -3.01. The van der Waals surface area contributed by atoms with Gasteiger partial charge in [-0.2, -0.15) is 0 Å². The van der Waals surface area contributed by atoms with Crippen LogP contribution in [0.15, 0.2) is 60.7 Å². The number of ether oxygens (including phenoxy) is 1. The number of aromatic hydroxyl groups is 1. The van der Waals surface area contributed by atoms with Crippen LogP contribution in [0, 0.1) is 5.92 Å². The van der Waals surface area contributed by atoms with E-state index in [0.29, 0.717) is 17.7 Å². The van der Waals surface area contributed by atoms with Crippen LogP contribution in [0.4, 0.5) is 0 Å². The number of phenols is 1. The molecule has 1 amide bonds. The van der Waals surface area contributed by atoms with E-state index in [1.165, 1.54) is 0 Å². The maximum absolute atomic E-state index is 12.6. The molecule has 0 aliphatic heterocycles. The molecule has 0 unspecified atom stereocenters. The standard InChI is InChI=1S/C23H25NO3/c1-15(2)14-21(26)24-23(18-10-6-7-11-20(18)27-3)22-17-9-5-4-8-16(17)12-13-19(22)25/h4-13,15,23,25H,14H2,1-3H3,(H,24,26)/t23-/m0/s1. The number of rotatable bonds is 6. The zero-order chi connectivity index (χ0) is 19.4. The lowest BCUT2D eigenvalue weighted by molar-refractivity contribution is -0.122. The molecule has 0 heterocycles. The fraction of sp³-hybridized carbons (Fsp3) is 0.261. The number of carbonyl (C=O) groups excluding carboxylic acids is 1. The predicted octanol–water partition coefficient (Wildman–Crippen LogP) is 4.81. The molecule has 0 aliphatic carbocycles. The molecule has 2 N–H and O–H groups in total. The zero-order valence-corrected chi connectivity index (χ0v) is 15.9. The molecular formula is C23H25NO3. The molecule has 0 fully saturated rings. The Balaban J connectivity index is 2.19. The number of amides is 1. The smallest absolute Gasteiger partial charge is 0.221 e. The highest BCUT2D eigenvalue weighted by Crippen LogP contribution is 2.38. The molecule has 3 aromatic carbocycles. The van der Waals surface area contributed by atoms with E-state index in [1.54, 1.807) is 13.2 Å². The summed E-state index contributed by atoms with van der Waals surface area (Å²) >= 11 is 0. The minimum Gasteiger partial charge on any atom is -0.508 e. The second-order valence-corrected chi connectivity index (χ2v) is 7.06. The number of phenolic OH excluding ortho intramolecular Hbond substituents is 1. The van der Waals surface area contributed by atoms with Crippen molar-refractivity contribution < 1.29 is 14.6 Å². The van der Waals surface area contributed by atoms with Gasteiger partial charge < -0.3 is 15.2 Å². The molecule has 0 aliphatic rings. The molecule has 3 aromatic rings. The van der Waals surface area contributed by atoms with Crippen LogP contribution in [-0.2, 0) is 4.79 Å². The van der Waals surface area contributed by atoms with Gasteiger partial charge in [-0.05, 0) is 28.8 Å². The first-order chi connectivity index (χ1) is 13.0. The maximum Gasteiger partial charge on any atom is 0.221 e. The molecular weight excluding hydrogens is 338 g/mol. The normalized spacial score (nSPS) is 12.1. The molecule has 0 saturated carbocycles. The summed E-state index contributed by atoms with van der Waals surface area (Å²) in [7, 11) is 1.61. The van der Waals surface area contributed by atoms with E-state index in [1.807, 2.05) is 68.4 Å². The van der Waals surface area contributed by atoms with Crippen molar-refractivity contribution in [3.8, 4) is 11.5 Å². The summed E-state index contributed by atoms with van der Waals surface area (Å²) in [6.07, 6.45) is 0.414. The van der Waals surface area contributed by atoms with Gasteiger partial charge >= 0.3 is 0 Å². The highest BCUT2D eigenvalue weighted by atomic mass is 16.5. The van der Waals surface area contributed by atoms with Gasteiger partial charge in [-0.1, -0.05) is 62.4 Å². The first-order valence-corrected chi connectivity index (χ1v) is 9.14. The lowest BCUT2D eigenvalue weighted by Crippen LogP contribution is -2.30. The molecule has 27 heavy (non-hydrogen) atoms. The highest BCUT2D eigenvalue weighted by Gasteiger charge is 2.25. The average molecular weight is 363 g/mol. The first kappa shape index (κ1) is 18.8. The van der Waals surface area contributed by atoms with Crippen molar-refractivity contribution in [2.45, 2.75) is 26.3 Å². The lowest BCUT2D eigenvalue weighted by Gasteiger charge is -2.24. The lowest BCUT2D eigenvalue weighted by atomic mass is 9.92. The van der Waals surface area contributed by atoms with Crippen molar-refractivity contribution in [2.24, 2.45) is 5.92 Å². The molecule has 140 valence electrons. The van der Waals surface area contributed by atoms with Crippen molar-refractivity contribution >= 4 is 16.7 Å². The van der Waals surface area contributed by atoms with Crippen LogP contribution in [0.2, 0.25) is 0 Å². The Morgan fingerprint density at radius 3 is 2.48 bits per heavy atom. The minimum atomic E-state index is -0.515. The summed E-state index contributed by atoms with van der Waals surface area (Å²) in [6, 6.07) is 18.4. The number of fused-ring (bicyclic) bond motifs is 1. The van der Waals surface area contributed by atoms with Gasteiger partial charge in [0, 0.05) is 17.5 Å². The fourth-order valence-corrected chi connectivity index (χ4v) is 3.39. The third-order valence-corrected chi connectivity index (χ3v) is 4.59. The summed E-state index contributed by atoms with van der Waals surface area (Å²) < 4.78 is 5.53. The molecule has 0 aromatic heterocycles. The van der Waals surface area contributed by atoms with Crippen LogP contribution >= 0.6 is 0 Å². The fourth-order valence-electron chi connectivity index (χ4n) is 3.39. The van der Waals surface area contributed by atoms with Gasteiger partial charge in [0.1, 0.15) is 11.5 Å². The summed E-state index contributed by atoms with van der Waals surface area (Å²) in [5, 5.41) is 15.7. The Labute approximate surface area is 159 Å². The molecule has 1 atom stereocenters. The Bertz CT molecular complexity index is 949. The highest BCUT2D eigenvalue weighted by molar-refractivity contribution is 5.89. The largest absolute Gasteiger partial charge is 0.508 e. The molecule has 0 saturated heterocycles. The Morgan fingerprint density at radius 1 is 1.04 bits per heavy atom. The average Bonchev–Trinajstić information content (AvgIpc) is 2.66. The topological polar surface area (TPSA) is 58.6 Å². The molecule has 0 bridgehead atoms. The van der Waals surface area contributed by atoms with E-state index in [4.69, 9.17) is 4.74 Å². The van der Waals surface area contributed by atoms with Crippen LogP contribution in [-0.4, -0.2) is 18.1 Å². The van der Waals surface area contributed by atoms with Crippen molar-refractivity contribution in [3.05, 3.63) is 71.8 Å². The Morgan fingerprint density at radius 2 is 1.74 bits per heavy atom. The maximum atomic E-state index is 12.6. The number of hydrogen-bond acceptors (Lipinski definition) is 3. The van der Waals surface area contributed by atoms with E-state index >= 15 is 0 Å². The molecule has 4 nitrogen and oxygen atoms in total. The third-order valence-electron chi connectivity index (χ3n) is 4.59. The second kappa shape index (κ2) is 8.12. The molecule has 3 rings (SSSR count). The summed E-state index contributed by atoms with van der Waals surface area (Å²) in [4.78, 5) is 12.6. The first-order valence-electron chi connectivity index (χ1n) is 9.14. The minimum absolute atomic E-state index is 0.0618. The Kier molecular flexibility index (Phi) is 5.65. The monoisotopic (exact) mass is 363 g/mol. The number of para-hydroxylation sites is 1. The van der Waals surface area contributed by atoms with Crippen LogP contribution in [0.3, 0.4) is 0 Å². The molecule has 4 heteroatoms. The van der Waals surface area contributed by atoms with Gasteiger partial charge in [0.15, 0.2) is 0 Å². The van der Waals surface area contributed by atoms with Gasteiger partial charge in [-0.15, -0.1) is 0 Å². The van der Waals surface area contributed by atoms with Crippen molar-refractivity contribution in [3.63, 3.8) is 0 Å². The third kappa shape index (κ3) is 4.05. The van der Waals surface area contributed by atoms with Crippen LogP contribution < -0.4 is 10.1 Å². The molecule has 0 radical (unpaired) electrons. The number of methoxy groups -OCH3 is 1. The van der Waals surface area contributed by atoms with Gasteiger partial charge in [0.25, 0.3) is 0 Å². The van der Waals surface area contributed by atoms with E-state index < -0.39 is 6.04 Å². The van der Waals surface area contributed by atoms with E-state index in [9.17, 15) is 9.90 Å². The summed E-state index contributed by atoms with van der Waals surface area (Å²) in [5.41, 5.74) is 1.48. The number of benzene rings is 3. The predicted molar refractivity (Wildman–Crippen MR) is 108 cm³/mol. The van der Waals surface area contributed by atoms with Gasteiger partial charge in [0.05, 0.1) is 13.2 Å². The second-order valence-electron chi connectivity index (χ2n) is 7.06. The number of nitrogens with one attached hydrogen (secondary N) is 1. The van der Waals surface area contributed by atoms with E-state index in [-0.39, 0.29) is 17.6 Å². The van der Waals surface area contributed by atoms with Crippen LogP contribution in [0.25, 0.3) is 10.8 Å². The quantitative estimate of drug-likeness (QED) is 0.661. The zero-order valence-electron chi connectivity index (χ0n) is 15.9. The molecule has 0 spiro atoms. The van der Waals surface area contributed by atoms with Crippen molar-refractivity contribution in [1.29, 1.82) is 0 Å². The van der Waals surface area contributed by atoms with Gasteiger partial charge in [-0.3, -0.25) is 4.79 Å². The van der Waals surface area contributed by atoms with Crippen molar-refractivity contribution in [1.82, 2.24) is 5.32 Å². The van der Waals surface area contributed by atoms with Gasteiger partial charge in [0.2, 0.25) is 5.91 Å². The van der Waals surface area contributed by atoms with Crippen LogP contribution in [0.5, 0.6) is 11.5 Å². The van der Waals surface area contributed by atoms with E-state index in [0.717, 1.165) is 16.3 Å². The summed E-state index contributed by atoms with van der Waals surface area (Å²) in [5.74, 6) is 0.992. The van der Waals surface area contributed by atoms with Crippen LogP contribution in [0.1, 0.15) is 37.4 Å². The number of hydrogen-bond donors (Lipinski definition) is 2. The SMILES string of the molecule is COc1ccccc1[C@H](NC(=O)CC(C)C)c1c(O)ccc2ccccc12. The number of carbonyl (C=O) groups is 1. The van der Waals surface area contributed by atoms with Gasteiger partial charge in [-0.25, -0.2) is 0 Å².